The van der Waals surface area contributed by atoms with Crippen LogP contribution in [0.2, 0.25) is 0 Å². The molecule has 0 radical (unpaired) electrons. The van der Waals surface area contributed by atoms with Gasteiger partial charge in [-0.1, -0.05) is 60.7 Å². The maximum atomic E-state index is 12.6. The van der Waals surface area contributed by atoms with Gasteiger partial charge >= 0.3 is 0 Å². The van der Waals surface area contributed by atoms with Crippen LogP contribution in [0.1, 0.15) is 17.5 Å². The third kappa shape index (κ3) is 4.31. The van der Waals surface area contributed by atoms with Crippen LogP contribution in [0, 0.1) is 5.41 Å². The van der Waals surface area contributed by atoms with Gasteiger partial charge in [-0.05, 0) is 0 Å². The Morgan fingerprint density at radius 2 is 1.43 bits per heavy atom. The standard InChI is InChI=1S/C17H16F2N2/c18-16(19)11-15(12-20)21-17(13-7-3-1-4-8-13)14-9-5-2-6-10-14/h1-10,12,15-16,20H,11H2. The topological polar surface area (TPSA) is 36.2 Å². The van der Waals surface area contributed by atoms with E-state index in [2.05, 4.69) is 4.99 Å². The summed E-state index contributed by atoms with van der Waals surface area (Å²) in [6.45, 7) is 0. The van der Waals surface area contributed by atoms with Crippen LogP contribution < -0.4 is 0 Å². The molecule has 21 heavy (non-hydrogen) atoms. The quantitative estimate of drug-likeness (QED) is 0.773. The normalized spacial score (nSPS) is 12.0. The Hall–Kier alpha value is -2.36. The predicted octanol–water partition coefficient (Wildman–Crippen LogP) is 4.20. The van der Waals surface area contributed by atoms with Gasteiger partial charge in [0.15, 0.2) is 0 Å². The Morgan fingerprint density at radius 1 is 0.952 bits per heavy atom. The number of rotatable bonds is 6. The molecule has 1 unspecified atom stereocenters. The maximum absolute atomic E-state index is 12.6. The van der Waals surface area contributed by atoms with Gasteiger partial charge in [0.1, 0.15) is 0 Å². The van der Waals surface area contributed by atoms with Gasteiger partial charge in [0.2, 0.25) is 6.43 Å². The van der Waals surface area contributed by atoms with Gasteiger partial charge in [-0.15, -0.1) is 0 Å². The highest BCUT2D eigenvalue weighted by atomic mass is 19.3. The highest BCUT2D eigenvalue weighted by Crippen LogP contribution is 2.14. The van der Waals surface area contributed by atoms with Crippen molar-refractivity contribution in [2.75, 3.05) is 0 Å². The molecular weight excluding hydrogens is 270 g/mol. The van der Waals surface area contributed by atoms with Crippen molar-refractivity contribution in [1.82, 2.24) is 0 Å². The average Bonchev–Trinajstić information content (AvgIpc) is 2.52. The van der Waals surface area contributed by atoms with Gasteiger partial charge < -0.3 is 5.41 Å². The molecule has 108 valence electrons. The van der Waals surface area contributed by atoms with E-state index in [0.29, 0.717) is 5.71 Å². The average molecular weight is 286 g/mol. The van der Waals surface area contributed by atoms with Crippen molar-refractivity contribution in [3.05, 3.63) is 71.8 Å². The first-order valence-electron chi connectivity index (χ1n) is 6.68. The third-order valence-electron chi connectivity index (χ3n) is 3.00. The largest absolute Gasteiger partial charge is 0.311 e. The highest BCUT2D eigenvalue weighted by Gasteiger charge is 2.14. The van der Waals surface area contributed by atoms with Crippen LogP contribution in [0.15, 0.2) is 65.7 Å². The van der Waals surface area contributed by atoms with E-state index in [1.807, 2.05) is 60.7 Å². The van der Waals surface area contributed by atoms with Crippen molar-refractivity contribution < 1.29 is 8.78 Å². The Labute approximate surface area is 122 Å². The van der Waals surface area contributed by atoms with Gasteiger partial charge in [0.05, 0.1) is 11.8 Å². The summed E-state index contributed by atoms with van der Waals surface area (Å²) < 4.78 is 25.1. The number of hydrogen-bond donors (Lipinski definition) is 1. The van der Waals surface area contributed by atoms with Crippen molar-refractivity contribution in [3.8, 4) is 0 Å². The molecule has 0 bridgehead atoms. The minimum Gasteiger partial charge on any atom is -0.311 e. The number of nitrogens with one attached hydrogen (secondary N) is 1. The van der Waals surface area contributed by atoms with Crippen LogP contribution in [0.3, 0.4) is 0 Å². The lowest BCUT2D eigenvalue weighted by Gasteiger charge is -2.12. The fourth-order valence-corrected chi connectivity index (χ4v) is 2.01. The van der Waals surface area contributed by atoms with E-state index in [9.17, 15) is 8.78 Å². The fourth-order valence-electron chi connectivity index (χ4n) is 2.01. The molecule has 0 saturated carbocycles. The second kappa shape index (κ2) is 7.43. The second-order valence-electron chi connectivity index (χ2n) is 4.57. The molecule has 0 amide bonds. The fraction of sp³-hybridized carbons (Fsp3) is 0.176. The van der Waals surface area contributed by atoms with Crippen LogP contribution in [-0.2, 0) is 0 Å². The van der Waals surface area contributed by atoms with E-state index in [1.165, 1.54) is 0 Å². The Kier molecular flexibility index (Phi) is 5.32. The van der Waals surface area contributed by atoms with Crippen LogP contribution in [0.4, 0.5) is 8.78 Å². The summed E-state index contributed by atoms with van der Waals surface area (Å²) in [5, 5.41) is 7.31. The van der Waals surface area contributed by atoms with Gasteiger partial charge in [-0.2, -0.15) is 0 Å². The Bertz CT molecular complexity index is 553. The number of alkyl halides is 2. The zero-order valence-electron chi connectivity index (χ0n) is 11.4. The van der Waals surface area contributed by atoms with Crippen molar-refractivity contribution >= 4 is 11.9 Å². The third-order valence-corrected chi connectivity index (χ3v) is 3.00. The summed E-state index contributed by atoms with van der Waals surface area (Å²) in [7, 11) is 0. The van der Waals surface area contributed by atoms with Crippen LogP contribution in [0.5, 0.6) is 0 Å². The summed E-state index contributed by atoms with van der Waals surface area (Å²) >= 11 is 0. The van der Waals surface area contributed by atoms with E-state index in [1.54, 1.807) is 0 Å². The molecule has 2 aromatic carbocycles. The van der Waals surface area contributed by atoms with Crippen molar-refractivity contribution in [2.45, 2.75) is 18.9 Å². The summed E-state index contributed by atoms with van der Waals surface area (Å²) in [6.07, 6.45) is -1.95. The SMILES string of the molecule is N=CC(CC(F)F)N=C(c1ccccc1)c1ccccc1. The van der Waals surface area contributed by atoms with Crippen LogP contribution in [-0.4, -0.2) is 24.4 Å². The molecule has 1 N–H and O–H groups in total. The first kappa shape index (κ1) is 15.0. The molecule has 0 spiro atoms. The van der Waals surface area contributed by atoms with Gasteiger partial charge in [-0.3, -0.25) is 4.99 Å². The summed E-state index contributed by atoms with van der Waals surface area (Å²) in [6, 6.07) is 18.0. The zero-order valence-corrected chi connectivity index (χ0v) is 11.4. The summed E-state index contributed by atoms with van der Waals surface area (Å²) in [4.78, 5) is 4.37. The van der Waals surface area contributed by atoms with E-state index >= 15 is 0 Å². The molecule has 0 aliphatic carbocycles. The van der Waals surface area contributed by atoms with Gasteiger partial charge in [0, 0.05) is 23.8 Å². The molecule has 2 rings (SSSR count). The summed E-state index contributed by atoms with van der Waals surface area (Å²) in [5.74, 6) is 0. The van der Waals surface area contributed by atoms with E-state index in [4.69, 9.17) is 5.41 Å². The molecule has 4 heteroatoms. The number of halogens is 2. The summed E-state index contributed by atoms with van der Waals surface area (Å²) in [5.41, 5.74) is 2.33. The first-order valence-corrected chi connectivity index (χ1v) is 6.68. The lowest BCUT2D eigenvalue weighted by Crippen LogP contribution is -2.15. The molecule has 2 nitrogen and oxygen atoms in total. The second-order valence-corrected chi connectivity index (χ2v) is 4.57. The molecule has 0 saturated heterocycles. The zero-order chi connectivity index (χ0) is 15.1. The first-order chi connectivity index (χ1) is 10.2. The molecule has 0 heterocycles. The van der Waals surface area contributed by atoms with E-state index in [0.717, 1.165) is 17.3 Å². The Balaban J connectivity index is 2.43. The van der Waals surface area contributed by atoms with Gasteiger partial charge in [-0.25, -0.2) is 8.78 Å². The van der Waals surface area contributed by atoms with Crippen molar-refractivity contribution in [1.29, 1.82) is 5.41 Å². The predicted molar refractivity (Wildman–Crippen MR) is 81.7 cm³/mol. The number of hydrogen-bond acceptors (Lipinski definition) is 2. The molecule has 0 aromatic heterocycles. The molecule has 0 aliphatic heterocycles. The molecule has 0 aliphatic rings. The van der Waals surface area contributed by atoms with Crippen molar-refractivity contribution in [3.63, 3.8) is 0 Å². The van der Waals surface area contributed by atoms with Crippen molar-refractivity contribution in [2.24, 2.45) is 4.99 Å². The van der Waals surface area contributed by atoms with Crippen LogP contribution in [0.25, 0.3) is 0 Å². The molecule has 1 atom stereocenters. The monoisotopic (exact) mass is 286 g/mol. The Morgan fingerprint density at radius 3 is 1.81 bits per heavy atom. The lowest BCUT2D eigenvalue weighted by atomic mass is 10.0. The van der Waals surface area contributed by atoms with Gasteiger partial charge in [0.25, 0.3) is 0 Å². The smallest absolute Gasteiger partial charge is 0.241 e. The van der Waals surface area contributed by atoms with E-state index < -0.39 is 18.9 Å². The van der Waals surface area contributed by atoms with E-state index in [-0.39, 0.29) is 0 Å². The highest BCUT2D eigenvalue weighted by molar-refractivity contribution is 6.13. The number of nitrogens with zero attached hydrogens (tertiary/aromatic N) is 1. The maximum Gasteiger partial charge on any atom is 0.241 e. The molecule has 0 fully saturated rings. The number of benzene rings is 2. The lowest BCUT2D eigenvalue weighted by molar-refractivity contribution is 0.136. The molecule has 2 aromatic rings. The minimum atomic E-state index is -2.48. The van der Waals surface area contributed by atoms with Crippen LogP contribution >= 0.6 is 0 Å². The molecular formula is C17H16F2N2. The number of aliphatic imine (C=N–C) groups is 1. The minimum absolute atomic E-state index is 0.438.